The van der Waals surface area contributed by atoms with Crippen LogP contribution in [0.1, 0.15) is 51.4 Å². The minimum absolute atomic E-state index is 0.373. The minimum atomic E-state index is 0.373. The fourth-order valence-electron chi connectivity index (χ4n) is 2.79. The molecule has 0 N–H and O–H groups in total. The number of hydrogen-bond acceptors (Lipinski definition) is 1. The average molecular weight is 217 g/mol. The van der Waals surface area contributed by atoms with Gasteiger partial charge in [-0.25, -0.2) is 0 Å². The molecule has 1 nitrogen and oxygen atoms in total. The van der Waals surface area contributed by atoms with E-state index in [1.807, 2.05) is 0 Å². The molecule has 0 amide bonds. The summed E-state index contributed by atoms with van der Waals surface area (Å²) < 4.78 is 5.77. The van der Waals surface area contributed by atoms with Crippen molar-refractivity contribution in [3.8, 4) is 0 Å². The Balaban J connectivity index is 1.72. The Morgan fingerprint density at radius 2 is 1.86 bits per heavy atom. The molecule has 0 aromatic carbocycles. The van der Waals surface area contributed by atoms with Crippen molar-refractivity contribution in [1.82, 2.24) is 0 Å². The molecule has 0 spiro atoms. The van der Waals surface area contributed by atoms with Gasteiger partial charge >= 0.3 is 0 Å². The Kier molecular flexibility index (Phi) is 4.12. The van der Waals surface area contributed by atoms with Crippen LogP contribution in [0.2, 0.25) is 0 Å². The van der Waals surface area contributed by atoms with Gasteiger partial charge in [0, 0.05) is 12.0 Å². The quantitative estimate of drug-likeness (QED) is 0.639. The van der Waals surface area contributed by atoms with Crippen LogP contribution in [-0.2, 0) is 4.74 Å². The zero-order valence-electron chi connectivity index (χ0n) is 8.88. The molecule has 0 aromatic rings. The fraction of sp³-hybridized carbons (Fsp3) is 1.00. The minimum Gasteiger partial charge on any atom is -0.378 e. The Morgan fingerprint density at radius 3 is 2.57 bits per heavy atom. The summed E-state index contributed by atoms with van der Waals surface area (Å²) in [4.78, 5) is 0. The lowest BCUT2D eigenvalue weighted by molar-refractivity contribution is 0.0000417. The zero-order chi connectivity index (χ0) is 9.80. The molecule has 2 aliphatic rings. The zero-order valence-corrected chi connectivity index (χ0v) is 9.64. The third kappa shape index (κ3) is 3.13. The predicted octanol–water partition coefficient (Wildman–Crippen LogP) is 3.74. The fourth-order valence-corrected chi connectivity index (χ4v) is 3.08. The van der Waals surface area contributed by atoms with Gasteiger partial charge in [-0.15, -0.1) is 11.6 Å². The topological polar surface area (TPSA) is 9.23 Å². The third-order valence-electron chi connectivity index (χ3n) is 3.62. The highest BCUT2D eigenvalue weighted by atomic mass is 35.5. The van der Waals surface area contributed by atoms with E-state index in [2.05, 4.69) is 0 Å². The van der Waals surface area contributed by atoms with Crippen molar-refractivity contribution in [3.05, 3.63) is 0 Å². The van der Waals surface area contributed by atoms with E-state index in [4.69, 9.17) is 16.3 Å². The standard InChI is InChI=1S/C12H21ClO/c13-11-6-7-14-12(9-11)8-10-4-2-1-3-5-10/h10-12H,1-9H2. The van der Waals surface area contributed by atoms with Gasteiger partial charge in [0.15, 0.2) is 0 Å². The second-order valence-corrected chi connectivity index (χ2v) is 5.47. The summed E-state index contributed by atoms with van der Waals surface area (Å²) in [6.45, 7) is 0.881. The monoisotopic (exact) mass is 216 g/mol. The largest absolute Gasteiger partial charge is 0.378 e. The first-order valence-corrected chi connectivity index (χ1v) is 6.54. The first-order valence-electron chi connectivity index (χ1n) is 6.10. The van der Waals surface area contributed by atoms with Gasteiger partial charge < -0.3 is 4.74 Å². The van der Waals surface area contributed by atoms with E-state index in [0.29, 0.717) is 11.5 Å². The molecule has 1 heterocycles. The van der Waals surface area contributed by atoms with E-state index < -0.39 is 0 Å². The molecule has 2 atom stereocenters. The molecule has 2 rings (SSSR count). The van der Waals surface area contributed by atoms with Crippen molar-refractivity contribution in [2.75, 3.05) is 6.61 Å². The first kappa shape index (κ1) is 10.8. The molecule has 1 aliphatic heterocycles. The number of halogens is 1. The molecular weight excluding hydrogens is 196 g/mol. The summed E-state index contributed by atoms with van der Waals surface area (Å²) in [5, 5.41) is 0.373. The first-order chi connectivity index (χ1) is 6.84. The van der Waals surface area contributed by atoms with Crippen LogP contribution in [0, 0.1) is 5.92 Å². The van der Waals surface area contributed by atoms with Crippen LogP contribution in [0.3, 0.4) is 0 Å². The lowest BCUT2D eigenvalue weighted by Crippen LogP contribution is -2.28. The summed E-state index contributed by atoms with van der Waals surface area (Å²) in [6, 6.07) is 0. The normalized spacial score (nSPS) is 35.8. The van der Waals surface area contributed by atoms with Gasteiger partial charge in [0.05, 0.1) is 6.10 Å². The molecule has 2 fully saturated rings. The molecule has 2 heteroatoms. The second kappa shape index (κ2) is 5.37. The molecule has 1 saturated carbocycles. The van der Waals surface area contributed by atoms with Crippen molar-refractivity contribution < 1.29 is 4.74 Å². The van der Waals surface area contributed by atoms with Crippen LogP contribution in [0.15, 0.2) is 0 Å². The highest BCUT2D eigenvalue weighted by Gasteiger charge is 2.24. The maximum atomic E-state index is 6.15. The third-order valence-corrected chi connectivity index (χ3v) is 4.02. The van der Waals surface area contributed by atoms with Crippen LogP contribution in [0.5, 0.6) is 0 Å². The molecule has 0 bridgehead atoms. The van der Waals surface area contributed by atoms with Crippen LogP contribution in [0.4, 0.5) is 0 Å². The maximum absolute atomic E-state index is 6.15. The van der Waals surface area contributed by atoms with Crippen molar-refractivity contribution in [2.24, 2.45) is 5.92 Å². The van der Waals surface area contributed by atoms with Gasteiger partial charge in [-0.2, -0.15) is 0 Å². The summed E-state index contributed by atoms with van der Waals surface area (Å²) in [5.41, 5.74) is 0. The van der Waals surface area contributed by atoms with E-state index in [-0.39, 0.29) is 0 Å². The highest BCUT2D eigenvalue weighted by Crippen LogP contribution is 2.31. The summed E-state index contributed by atoms with van der Waals surface area (Å²) in [5.74, 6) is 0.927. The van der Waals surface area contributed by atoms with Crippen molar-refractivity contribution >= 4 is 11.6 Å². The Morgan fingerprint density at radius 1 is 1.07 bits per heavy atom. The van der Waals surface area contributed by atoms with E-state index >= 15 is 0 Å². The summed E-state index contributed by atoms with van der Waals surface area (Å²) >= 11 is 6.15. The van der Waals surface area contributed by atoms with Gasteiger partial charge in [-0.1, -0.05) is 32.1 Å². The van der Waals surface area contributed by atoms with E-state index in [1.165, 1.54) is 38.5 Å². The van der Waals surface area contributed by atoms with Crippen molar-refractivity contribution in [2.45, 2.75) is 62.8 Å². The molecule has 82 valence electrons. The Bertz CT molecular complexity index is 166. The summed E-state index contributed by atoms with van der Waals surface area (Å²) in [7, 11) is 0. The van der Waals surface area contributed by atoms with Crippen LogP contribution >= 0.6 is 11.6 Å². The molecule has 1 saturated heterocycles. The van der Waals surface area contributed by atoms with Gasteiger partial charge in [0.2, 0.25) is 0 Å². The molecule has 0 aromatic heterocycles. The molecule has 0 radical (unpaired) electrons. The Hall–Kier alpha value is 0.250. The van der Waals surface area contributed by atoms with Crippen molar-refractivity contribution in [1.29, 1.82) is 0 Å². The Labute approximate surface area is 92.2 Å². The smallest absolute Gasteiger partial charge is 0.0591 e. The number of hydrogen-bond donors (Lipinski definition) is 0. The van der Waals surface area contributed by atoms with Gasteiger partial charge in [-0.3, -0.25) is 0 Å². The number of alkyl halides is 1. The highest BCUT2D eigenvalue weighted by molar-refractivity contribution is 6.20. The number of ether oxygens (including phenoxy) is 1. The lowest BCUT2D eigenvalue weighted by Gasteiger charge is -2.30. The van der Waals surface area contributed by atoms with Gasteiger partial charge in [-0.05, 0) is 25.2 Å². The van der Waals surface area contributed by atoms with E-state index in [0.717, 1.165) is 25.4 Å². The van der Waals surface area contributed by atoms with Gasteiger partial charge in [0.25, 0.3) is 0 Å². The van der Waals surface area contributed by atoms with Crippen molar-refractivity contribution in [3.63, 3.8) is 0 Å². The van der Waals surface area contributed by atoms with Crippen LogP contribution in [0.25, 0.3) is 0 Å². The molecule has 14 heavy (non-hydrogen) atoms. The second-order valence-electron chi connectivity index (χ2n) is 4.85. The van der Waals surface area contributed by atoms with E-state index in [9.17, 15) is 0 Å². The summed E-state index contributed by atoms with van der Waals surface area (Å²) in [6.07, 6.45) is 11.0. The van der Waals surface area contributed by atoms with E-state index in [1.54, 1.807) is 0 Å². The van der Waals surface area contributed by atoms with Gasteiger partial charge in [0.1, 0.15) is 0 Å². The average Bonchev–Trinajstić information content (AvgIpc) is 2.19. The molecule has 2 unspecified atom stereocenters. The SMILES string of the molecule is ClC1CCOC(CC2CCCCC2)C1. The van der Waals surface area contributed by atoms with Crippen LogP contribution in [-0.4, -0.2) is 18.1 Å². The number of rotatable bonds is 2. The predicted molar refractivity (Wildman–Crippen MR) is 59.8 cm³/mol. The molecular formula is C12H21ClO. The maximum Gasteiger partial charge on any atom is 0.0591 e. The van der Waals surface area contributed by atoms with Crippen LogP contribution < -0.4 is 0 Å². The lowest BCUT2D eigenvalue weighted by atomic mass is 9.84. The molecule has 1 aliphatic carbocycles.